The maximum atomic E-state index is 11.2. The molecule has 0 heterocycles. The zero-order valence-electron chi connectivity index (χ0n) is 8.91. The van der Waals surface area contributed by atoms with E-state index in [1.807, 2.05) is 24.3 Å². The minimum atomic E-state index is 0.0254. The van der Waals surface area contributed by atoms with Crippen LogP contribution < -0.4 is 11.1 Å². The summed E-state index contributed by atoms with van der Waals surface area (Å²) in [5.74, 6) is 1.26. The fourth-order valence-corrected chi connectivity index (χ4v) is 2.17. The fraction of sp³-hybridized carbons (Fsp3) is 0.364. The molecule has 0 unspecified atom stereocenters. The van der Waals surface area contributed by atoms with Crippen molar-refractivity contribution in [3.05, 3.63) is 34.9 Å². The van der Waals surface area contributed by atoms with Gasteiger partial charge in [-0.05, 0) is 17.7 Å². The average molecular weight is 259 g/mol. The third-order valence-electron chi connectivity index (χ3n) is 1.86. The first-order chi connectivity index (χ1) is 7.72. The summed E-state index contributed by atoms with van der Waals surface area (Å²) < 4.78 is 0. The molecule has 0 saturated heterocycles. The molecule has 0 saturated carbocycles. The van der Waals surface area contributed by atoms with Gasteiger partial charge >= 0.3 is 0 Å². The van der Waals surface area contributed by atoms with Crippen molar-refractivity contribution in [1.82, 2.24) is 5.32 Å². The van der Waals surface area contributed by atoms with Gasteiger partial charge in [0.1, 0.15) is 0 Å². The highest BCUT2D eigenvalue weighted by Crippen LogP contribution is 2.16. The maximum absolute atomic E-state index is 11.2. The van der Waals surface area contributed by atoms with Crippen molar-refractivity contribution in [3.8, 4) is 0 Å². The van der Waals surface area contributed by atoms with Crippen molar-refractivity contribution >= 4 is 29.3 Å². The van der Waals surface area contributed by atoms with E-state index >= 15 is 0 Å². The molecule has 1 rings (SSSR count). The summed E-state index contributed by atoms with van der Waals surface area (Å²) in [6.45, 7) is 1.02. The molecule has 1 amide bonds. The molecule has 0 fully saturated rings. The summed E-state index contributed by atoms with van der Waals surface area (Å²) in [7, 11) is 0. The van der Waals surface area contributed by atoms with E-state index in [1.165, 1.54) is 0 Å². The first kappa shape index (κ1) is 13.4. The van der Waals surface area contributed by atoms with E-state index in [2.05, 4.69) is 5.32 Å². The lowest BCUT2D eigenvalue weighted by molar-refractivity contribution is -0.118. The van der Waals surface area contributed by atoms with Gasteiger partial charge in [0.2, 0.25) is 5.91 Å². The Labute approximate surface area is 105 Å². The molecule has 3 N–H and O–H groups in total. The van der Waals surface area contributed by atoms with Crippen LogP contribution in [0, 0.1) is 0 Å². The molecule has 0 aliphatic heterocycles. The molecule has 5 heteroatoms. The molecule has 1 aromatic carbocycles. The van der Waals surface area contributed by atoms with Crippen LogP contribution in [0.25, 0.3) is 0 Å². The number of amides is 1. The predicted molar refractivity (Wildman–Crippen MR) is 69.7 cm³/mol. The van der Waals surface area contributed by atoms with E-state index in [-0.39, 0.29) is 5.91 Å². The van der Waals surface area contributed by atoms with Crippen molar-refractivity contribution in [2.45, 2.75) is 5.75 Å². The molecule has 0 aliphatic carbocycles. The minimum Gasteiger partial charge on any atom is -0.354 e. The van der Waals surface area contributed by atoms with Gasteiger partial charge in [0, 0.05) is 23.9 Å². The molecule has 3 nitrogen and oxygen atoms in total. The zero-order valence-corrected chi connectivity index (χ0v) is 10.5. The number of benzene rings is 1. The second-order valence-corrected chi connectivity index (χ2v) is 4.68. The number of thioether (sulfide) groups is 1. The summed E-state index contributed by atoms with van der Waals surface area (Å²) in [5.41, 5.74) is 6.41. The third kappa shape index (κ3) is 5.39. The van der Waals surface area contributed by atoms with Gasteiger partial charge in [0.05, 0.1) is 5.75 Å². The van der Waals surface area contributed by atoms with Crippen LogP contribution in [0.5, 0.6) is 0 Å². The Hall–Kier alpha value is -0.710. The van der Waals surface area contributed by atoms with Gasteiger partial charge in [0.15, 0.2) is 0 Å². The van der Waals surface area contributed by atoms with Crippen LogP contribution in [0.4, 0.5) is 0 Å². The van der Waals surface area contributed by atoms with Crippen LogP contribution in [0.1, 0.15) is 5.56 Å². The Balaban J connectivity index is 2.22. The summed E-state index contributed by atoms with van der Waals surface area (Å²) in [6, 6.07) is 7.65. The number of hydrogen-bond donors (Lipinski definition) is 2. The third-order valence-corrected chi connectivity index (χ3v) is 3.10. The Kier molecular flexibility index (Phi) is 6.30. The normalized spacial score (nSPS) is 10.1. The van der Waals surface area contributed by atoms with E-state index < -0.39 is 0 Å². The van der Waals surface area contributed by atoms with Crippen molar-refractivity contribution in [2.24, 2.45) is 5.73 Å². The first-order valence-corrected chi connectivity index (χ1v) is 6.54. The molecule has 0 aliphatic rings. The quantitative estimate of drug-likeness (QED) is 0.816. The largest absolute Gasteiger partial charge is 0.354 e. The summed E-state index contributed by atoms with van der Waals surface area (Å²) in [4.78, 5) is 11.2. The van der Waals surface area contributed by atoms with Gasteiger partial charge in [-0.15, -0.1) is 11.8 Å². The number of carbonyl (C=O) groups excluding carboxylic acids is 1. The van der Waals surface area contributed by atoms with Gasteiger partial charge in [-0.1, -0.05) is 23.7 Å². The highest BCUT2D eigenvalue weighted by atomic mass is 35.5. The summed E-state index contributed by atoms with van der Waals surface area (Å²) in [5, 5.41) is 3.45. The molecule has 0 spiro atoms. The van der Waals surface area contributed by atoms with Gasteiger partial charge in [-0.2, -0.15) is 0 Å². The lowest BCUT2D eigenvalue weighted by Gasteiger charge is -2.03. The SMILES string of the molecule is NCCNC(=O)CSCc1cccc(Cl)c1. The van der Waals surface area contributed by atoms with Crippen LogP contribution >= 0.6 is 23.4 Å². The van der Waals surface area contributed by atoms with E-state index in [0.717, 1.165) is 16.3 Å². The smallest absolute Gasteiger partial charge is 0.230 e. The number of carbonyl (C=O) groups is 1. The molecule has 16 heavy (non-hydrogen) atoms. The maximum Gasteiger partial charge on any atom is 0.230 e. The van der Waals surface area contributed by atoms with Crippen LogP contribution in [0.15, 0.2) is 24.3 Å². The second-order valence-electron chi connectivity index (χ2n) is 3.26. The molecule has 1 aromatic rings. The standard InChI is InChI=1S/C11H15ClN2OS/c12-10-3-1-2-9(6-10)7-16-8-11(15)14-5-4-13/h1-3,6H,4-5,7-8,13H2,(H,14,15). The van der Waals surface area contributed by atoms with Gasteiger partial charge in [-0.25, -0.2) is 0 Å². The van der Waals surface area contributed by atoms with Crippen molar-refractivity contribution in [3.63, 3.8) is 0 Å². The molecule has 0 radical (unpaired) electrons. The molecule has 0 atom stereocenters. The summed E-state index contributed by atoms with van der Waals surface area (Å²) in [6.07, 6.45) is 0. The summed E-state index contributed by atoms with van der Waals surface area (Å²) >= 11 is 7.41. The van der Waals surface area contributed by atoms with Crippen molar-refractivity contribution in [1.29, 1.82) is 0 Å². The number of rotatable bonds is 6. The first-order valence-electron chi connectivity index (χ1n) is 5.01. The monoisotopic (exact) mass is 258 g/mol. The Morgan fingerprint density at radius 3 is 3.00 bits per heavy atom. The topological polar surface area (TPSA) is 55.1 Å². The average Bonchev–Trinajstić information content (AvgIpc) is 2.26. The number of hydrogen-bond acceptors (Lipinski definition) is 3. The van der Waals surface area contributed by atoms with E-state index in [9.17, 15) is 4.79 Å². The lowest BCUT2D eigenvalue weighted by Crippen LogP contribution is -2.30. The Morgan fingerprint density at radius 1 is 1.50 bits per heavy atom. The van der Waals surface area contributed by atoms with Gasteiger partial charge in [0.25, 0.3) is 0 Å². The van der Waals surface area contributed by atoms with E-state index in [0.29, 0.717) is 18.8 Å². The van der Waals surface area contributed by atoms with Gasteiger partial charge in [-0.3, -0.25) is 4.79 Å². The molecular formula is C11H15ClN2OS. The van der Waals surface area contributed by atoms with Crippen LogP contribution in [0.2, 0.25) is 5.02 Å². The molecular weight excluding hydrogens is 244 g/mol. The van der Waals surface area contributed by atoms with Crippen LogP contribution in [-0.4, -0.2) is 24.7 Å². The molecule has 0 bridgehead atoms. The second kappa shape index (κ2) is 7.54. The van der Waals surface area contributed by atoms with E-state index in [1.54, 1.807) is 11.8 Å². The Morgan fingerprint density at radius 2 is 2.31 bits per heavy atom. The predicted octanol–water partition coefficient (Wildman–Crippen LogP) is 1.65. The lowest BCUT2D eigenvalue weighted by atomic mass is 10.2. The van der Waals surface area contributed by atoms with Crippen LogP contribution in [-0.2, 0) is 10.5 Å². The number of nitrogens with two attached hydrogens (primary N) is 1. The number of nitrogens with one attached hydrogen (secondary N) is 1. The highest BCUT2D eigenvalue weighted by molar-refractivity contribution is 7.99. The zero-order chi connectivity index (χ0) is 11.8. The van der Waals surface area contributed by atoms with Crippen LogP contribution in [0.3, 0.4) is 0 Å². The highest BCUT2D eigenvalue weighted by Gasteiger charge is 2.01. The van der Waals surface area contributed by atoms with Crippen molar-refractivity contribution < 1.29 is 4.79 Å². The number of halogens is 1. The van der Waals surface area contributed by atoms with Gasteiger partial charge < -0.3 is 11.1 Å². The molecule has 0 aromatic heterocycles. The van der Waals surface area contributed by atoms with E-state index in [4.69, 9.17) is 17.3 Å². The Bertz CT molecular complexity index is 347. The van der Waals surface area contributed by atoms with Crippen molar-refractivity contribution in [2.75, 3.05) is 18.8 Å². The minimum absolute atomic E-state index is 0.0254. The fourth-order valence-electron chi connectivity index (χ4n) is 1.15. The molecule has 88 valence electrons.